The molecule has 28 heavy (non-hydrogen) atoms. The van der Waals surface area contributed by atoms with E-state index in [-0.39, 0.29) is 5.91 Å². The Bertz CT molecular complexity index is 975. The predicted octanol–water partition coefficient (Wildman–Crippen LogP) is 2.60. The molecule has 2 aromatic carbocycles. The number of nitrogens with one attached hydrogen (secondary N) is 1. The molecule has 3 aromatic rings. The van der Waals surface area contributed by atoms with Crippen LogP contribution in [0.15, 0.2) is 54.7 Å². The number of nitrogens with zero attached hydrogens (tertiary/aromatic N) is 3. The number of aromatic nitrogens is 2. The SMILES string of the molecule is CN1CCOCC(CNC(=O)c2cccc(-c3cnc4ccccc4n3)c2)C1. The molecular weight excluding hydrogens is 352 g/mol. The Morgan fingerprint density at radius 1 is 1.21 bits per heavy atom. The molecule has 6 nitrogen and oxygen atoms in total. The third-order valence-corrected chi connectivity index (χ3v) is 4.96. The molecule has 1 atom stereocenters. The number of para-hydroxylation sites is 2. The van der Waals surface area contributed by atoms with E-state index < -0.39 is 0 Å². The van der Waals surface area contributed by atoms with Crippen molar-refractivity contribution in [3.63, 3.8) is 0 Å². The fourth-order valence-corrected chi connectivity index (χ4v) is 3.43. The summed E-state index contributed by atoms with van der Waals surface area (Å²) in [6.45, 7) is 3.88. The van der Waals surface area contributed by atoms with Crippen LogP contribution in [0.3, 0.4) is 0 Å². The van der Waals surface area contributed by atoms with E-state index in [9.17, 15) is 4.79 Å². The Morgan fingerprint density at radius 2 is 2.07 bits per heavy atom. The molecule has 1 unspecified atom stereocenters. The van der Waals surface area contributed by atoms with Crippen LogP contribution in [-0.4, -0.2) is 60.7 Å². The van der Waals surface area contributed by atoms with E-state index >= 15 is 0 Å². The Hall–Kier alpha value is -2.83. The Labute approximate surface area is 164 Å². The minimum atomic E-state index is -0.0810. The summed E-state index contributed by atoms with van der Waals surface area (Å²) in [6, 6.07) is 15.3. The van der Waals surface area contributed by atoms with Gasteiger partial charge in [0.2, 0.25) is 0 Å². The molecule has 6 heteroatoms. The van der Waals surface area contributed by atoms with Crippen LogP contribution < -0.4 is 5.32 Å². The number of benzene rings is 2. The maximum atomic E-state index is 12.6. The molecule has 144 valence electrons. The first-order chi connectivity index (χ1) is 13.7. The Morgan fingerprint density at radius 3 is 2.96 bits per heavy atom. The van der Waals surface area contributed by atoms with Crippen molar-refractivity contribution in [2.24, 2.45) is 5.92 Å². The van der Waals surface area contributed by atoms with Crippen LogP contribution in [0.25, 0.3) is 22.3 Å². The van der Waals surface area contributed by atoms with Crippen LogP contribution in [0.5, 0.6) is 0 Å². The van der Waals surface area contributed by atoms with Crippen LogP contribution in [0, 0.1) is 5.92 Å². The Kier molecular flexibility index (Phi) is 5.60. The van der Waals surface area contributed by atoms with E-state index in [1.54, 1.807) is 6.20 Å². The molecule has 1 aromatic heterocycles. The van der Waals surface area contributed by atoms with Gasteiger partial charge in [-0.3, -0.25) is 9.78 Å². The summed E-state index contributed by atoms with van der Waals surface area (Å²) >= 11 is 0. The van der Waals surface area contributed by atoms with Gasteiger partial charge in [0.1, 0.15) is 0 Å². The van der Waals surface area contributed by atoms with E-state index in [0.29, 0.717) is 24.6 Å². The molecule has 1 aliphatic heterocycles. The fourth-order valence-electron chi connectivity index (χ4n) is 3.43. The standard InChI is InChI=1S/C22H24N4O2/c1-26-9-10-28-15-16(14-26)12-24-22(27)18-6-4-5-17(11-18)21-13-23-19-7-2-3-8-20(19)25-21/h2-8,11,13,16H,9-10,12,14-15H2,1H3,(H,24,27). The number of fused-ring (bicyclic) bond motifs is 1. The zero-order valence-electron chi connectivity index (χ0n) is 16.0. The summed E-state index contributed by atoms with van der Waals surface area (Å²) in [4.78, 5) is 24.0. The quantitative estimate of drug-likeness (QED) is 0.758. The topological polar surface area (TPSA) is 67.3 Å². The summed E-state index contributed by atoms with van der Waals surface area (Å²) in [5, 5.41) is 3.04. The maximum Gasteiger partial charge on any atom is 0.251 e. The van der Waals surface area contributed by atoms with Gasteiger partial charge < -0.3 is 15.0 Å². The molecule has 0 saturated carbocycles. The number of hydrogen-bond donors (Lipinski definition) is 1. The number of carbonyl (C=O) groups excluding carboxylic acids is 1. The second kappa shape index (κ2) is 8.46. The predicted molar refractivity (Wildman–Crippen MR) is 109 cm³/mol. The monoisotopic (exact) mass is 376 g/mol. The summed E-state index contributed by atoms with van der Waals surface area (Å²) in [5.41, 5.74) is 3.95. The molecule has 4 rings (SSSR count). The van der Waals surface area contributed by atoms with Gasteiger partial charge in [-0.2, -0.15) is 0 Å². The first-order valence-electron chi connectivity index (χ1n) is 9.56. The molecule has 1 fully saturated rings. The van der Waals surface area contributed by atoms with Crippen molar-refractivity contribution in [1.82, 2.24) is 20.2 Å². The van der Waals surface area contributed by atoms with Crippen molar-refractivity contribution in [1.29, 1.82) is 0 Å². The maximum absolute atomic E-state index is 12.6. The first kappa shape index (κ1) is 18.5. The van der Waals surface area contributed by atoms with Gasteiger partial charge in [-0.15, -0.1) is 0 Å². The molecule has 0 radical (unpaired) electrons. The zero-order chi connectivity index (χ0) is 19.3. The lowest BCUT2D eigenvalue weighted by atomic mass is 10.1. The van der Waals surface area contributed by atoms with Crippen molar-refractivity contribution < 1.29 is 9.53 Å². The molecule has 0 aliphatic carbocycles. The van der Waals surface area contributed by atoms with Crippen LogP contribution in [0.1, 0.15) is 10.4 Å². The third-order valence-electron chi connectivity index (χ3n) is 4.96. The number of carbonyl (C=O) groups is 1. The van der Waals surface area contributed by atoms with Gasteiger partial charge in [0.25, 0.3) is 5.91 Å². The summed E-state index contributed by atoms with van der Waals surface area (Å²) in [7, 11) is 2.08. The van der Waals surface area contributed by atoms with Crippen molar-refractivity contribution in [2.45, 2.75) is 0 Å². The normalized spacial score (nSPS) is 18.0. The lowest BCUT2D eigenvalue weighted by molar-refractivity contribution is 0.0921. The van der Waals surface area contributed by atoms with Crippen LogP contribution >= 0.6 is 0 Å². The van der Waals surface area contributed by atoms with Crippen molar-refractivity contribution >= 4 is 16.9 Å². The van der Waals surface area contributed by atoms with Gasteiger partial charge in [-0.05, 0) is 31.3 Å². The van der Waals surface area contributed by atoms with E-state index in [1.807, 2.05) is 48.5 Å². The smallest absolute Gasteiger partial charge is 0.251 e. The number of hydrogen-bond acceptors (Lipinski definition) is 5. The molecule has 2 heterocycles. The van der Waals surface area contributed by atoms with E-state index in [2.05, 4.69) is 27.2 Å². The number of likely N-dealkylation sites (N-methyl/N-ethyl adjacent to an activating group) is 1. The van der Waals surface area contributed by atoms with Gasteiger partial charge in [-0.1, -0.05) is 24.3 Å². The third kappa shape index (κ3) is 4.35. The van der Waals surface area contributed by atoms with Crippen LogP contribution in [0.4, 0.5) is 0 Å². The average molecular weight is 376 g/mol. The van der Waals surface area contributed by atoms with Gasteiger partial charge in [0, 0.05) is 36.7 Å². The van der Waals surface area contributed by atoms with Gasteiger partial charge in [0.15, 0.2) is 0 Å². The largest absolute Gasteiger partial charge is 0.380 e. The highest BCUT2D eigenvalue weighted by atomic mass is 16.5. The molecular formula is C22H24N4O2. The number of rotatable bonds is 4. The second-order valence-corrected chi connectivity index (χ2v) is 7.24. The van der Waals surface area contributed by atoms with E-state index in [0.717, 1.165) is 42.0 Å². The molecule has 1 aliphatic rings. The zero-order valence-corrected chi connectivity index (χ0v) is 16.0. The summed E-state index contributed by atoms with van der Waals surface area (Å²) in [6.07, 6.45) is 1.75. The minimum Gasteiger partial charge on any atom is -0.380 e. The Balaban J connectivity index is 1.47. The van der Waals surface area contributed by atoms with Crippen LogP contribution in [-0.2, 0) is 4.74 Å². The molecule has 1 N–H and O–H groups in total. The first-order valence-corrected chi connectivity index (χ1v) is 9.56. The van der Waals surface area contributed by atoms with Gasteiger partial charge in [-0.25, -0.2) is 4.98 Å². The summed E-state index contributed by atoms with van der Waals surface area (Å²) in [5.74, 6) is 0.216. The molecule has 0 spiro atoms. The van der Waals surface area contributed by atoms with Crippen LogP contribution in [0.2, 0.25) is 0 Å². The molecule has 1 saturated heterocycles. The van der Waals surface area contributed by atoms with Crippen molar-refractivity contribution in [3.05, 3.63) is 60.3 Å². The highest BCUT2D eigenvalue weighted by Crippen LogP contribution is 2.20. The number of ether oxygens (including phenoxy) is 1. The van der Waals surface area contributed by atoms with Crippen molar-refractivity contribution in [2.75, 3.05) is 39.9 Å². The number of amides is 1. The lowest BCUT2D eigenvalue weighted by Gasteiger charge is -2.19. The highest BCUT2D eigenvalue weighted by Gasteiger charge is 2.17. The summed E-state index contributed by atoms with van der Waals surface area (Å²) < 4.78 is 5.62. The fraction of sp³-hybridized carbons (Fsp3) is 0.318. The molecule has 0 bridgehead atoms. The van der Waals surface area contributed by atoms with E-state index in [4.69, 9.17) is 4.74 Å². The molecule has 1 amide bonds. The second-order valence-electron chi connectivity index (χ2n) is 7.24. The lowest BCUT2D eigenvalue weighted by Crippen LogP contribution is -2.35. The van der Waals surface area contributed by atoms with Crippen molar-refractivity contribution in [3.8, 4) is 11.3 Å². The minimum absolute atomic E-state index is 0.0810. The van der Waals surface area contributed by atoms with Gasteiger partial charge in [0.05, 0.1) is 36.1 Å². The van der Waals surface area contributed by atoms with Gasteiger partial charge >= 0.3 is 0 Å². The average Bonchev–Trinajstić information content (AvgIpc) is 2.95. The highest BCUT2D eigenvalue weighted by molar-refractivity contribution is 5.95. The van der Waals surface area contributed by atoms with E-state index in [1.165, 1.54) is 0 Å².